The standard InChI is InChI=1S/C19H19N3O4/c1-2-26-19(23)18-17(13-6-4-3-5-7-13)15-12-14(22(24)25)8-9-16(15)21(18)11-10-20/h3-9,12H,2,10-11,20H2,1H3. The number of carbonyl (C=O) groups is 1. The second kappa shape index (κ2) is 7.37. The molecule has 0 radical (unpaired) electrons. The van der Waals surface area contributed by atoms with Crippen molar-refractivity contribution in [2.45, 2.75) is 13.5 Å². The third-order valence-electron chi connectivity index (χ3n) is 4.14. The molecule has 2 N–H and O–H groups in total. The summed E-state index contributed by atoms with van der Waals surface area (Å²) in [5.74, 6) is -0.473. The van der Waals surface area contributed by atoms with Crippen molar-refractivity contribution in [2.24, 2.45) is 5.73 Å². The van der Waals surface area contributed by atoms with E-state index in [0.29, 0.717) is 35.2 Å². The van der Waals surface area contributed by atoms with Crippen molar-refractivity contribution in [2.75, 3.05) is 13.2 Å². The first-order valence-corrected chi connectivity index (χ1v) is 8.31. The topological polar surface area (TPSA) is 100 Å². The number of fused-ring (bicyclic) bond motifs is 1. The highest BCUT2D eigenvalue weighted by Gasteiger charge is 2.26. The average Bonchev–Trinajstić information content (AvgIpc) is 2.96. The highest BCUT2D eigenvalue weighted by atomic mass is 16.6. The van der Waals surface area contributed by atoms with Crippen LogP contribution in [0.25, 0.3) is 22.0 Å². The molecular formula is C19H19N3O4. The molecule has 0 saturated carbocycles. The number of carbonyl (C=O) groups excluding carboxylic acids is 1. The molecule has 3 rings (SSSR count). The smallest absolute Gasteiger partial charge is 0.355 e. The minimum Gasteiger partial charge on any atom is -0.461 e. The fourth-order valence-corrected chi connectivity index (χ4v) is 3.13. The average molecular weight is 353 g/mol. The molecular weight excluding hydrogens is 334 g/mol. The Morgan fingerprint density at radius 3 is 2.58 bits per heavy atom. The van der Waals surface area contributed by atoms with E-state index in [1.807, 2.05) is 30.3 Å². The largest absolute Gasteiger partial charge is 0.461 e. The van der Waals surface area contributed by atoms with Gasteiger partial charge in [-0.25, -0.2) is 4.79 Å². The minimum atomic E-state index is -0.473. The van der Waals surface area contributed by atoms with Crippen molar-refractivity contribution < 1.29 is 14.5 Å². The number of nitro groups is 1. The Labute approximate surface area is 150 Å². The molecule has 7 heteroatoms. The lowest BCUT2D eigenvalue weighted by atomic mass is 10.0. The summed E-state index contributed by atoms with van der Waals surface area (Å²) in [5.41, 5.74) is 8.19. The maximum absolute atomic E-state index is 12.7. The number of rotatable bonds is 6. The third kappa shape index (κ3) is 3.04. The Morgan fingerprint density at radius 2 is 1.96 bits per heavy atom. The predicted octanol–water partition coefficient (Wildman–Crippen LogP) is 3.35. The van der Waals surface area contributed by atoms with Crippen LogP contribution in [0.4, 0.5) is 5.69 Å². The van der Waals surface area contributed by atoms with Crippen molar-refractivity contribution >= 4 is 22.6 Å². The van der Waals surface area contributed by atoms with Crippen LogP contribution >= 0.6 is 0 Å². The Balaban J connectivity index is 2.41. The number of nitro benzene ring substituents is 1. The molecule has 0 unspecified atom stereocenters. The lowest BCUT2D eigenvalue weighted by Gasteiger charge is -2.10. The lowest BCUT2D eigenvalue weighted by molar-refractivity contribution is -0.384. The number of nitrogens with two attached hydrogens (primary N) is 1. The van der Waals surface area contributed by atoms with Gasteiger partial charge in [0.25, 0.3) is 5.69 Å². The van der Waals surface area contributed by atoms with Crippen molar-refractivity contribution in [3.05, 3.63) is 64.3 Å². The van der Waals surface area contributed by atoms with Gasteiger partial charge in [0, 0.05) is 41.7 Å². The fourth-order valence-electron chi connectivity index (χ4n) is 3.13. The molecule has 0 saturated heterocycles. The number of aromatic nitrogens is 1. The first-order valence-electron chi connectivity index (χ1n) is 8.31. The van der Waals surface area contributed by atoms with E-state index >= 15 is 0 Å². The molecule has 7 nitrogen and oxygen atoms in total. The summed E-state index contributed by atoms with van der Waals surface area (Å²) >= 11 is 0. The van der Waals surface area contributed by atoms with E-state index in [9.17, 15) is 14.9 Å². The van der Waals surface area contributed by atoms with E-state index in [1.165, 1.54) is 12.1 Å². The molecule has 0 aliphatic carbocycles. The van der Waals surface area contributed by atoms with E-state index in [2.05, 4.69) is 0 Å². The van der Waals surface area contributed by atoms with Gasteiger partial charge in [-0.05, 0) is 18.6 Å². The molecule has 0 aliphatic heterocycles. The molecule has 0 amide bonds. The van der Waals surface area contributed by atoms with Gasteiger partial charge >= 0.3 is 5.97 Å². The molecule has 3 aromatic rings. The summed E-state index contributed by atoms with van der Waals surface area (Å²) in [5, 5.41) is 11.9. The molecule has 134 valence electrons. The molecule has 1 aromatic heterocycles. The van der Waals surface area contributed by atoms with Gasteiger partial charge < -0.3 is 15.0 Å². The maximum Gasteiger partial charge on any atom is 0.355 e. The number of esters is 1. The number of non-ortho nitro benzene ring substituents is 1. The van der Waals surface area contributed by atoms with Gasteiger partial charge in [0.1, 0.15) is 5.69 Å². The summed E-state index contributed by atoms with van der Waals surface area (Å²) in [7, 11) is 0. The highest BCUT2D eigenvalue weighted by molar-refractivity contribution is 6.09. The Kier molecular flexibility index (Phi) is 4.99. The Hall–Kier alpha value is -3.19. The summed E-state index contributed by atoms with van der Waals surface area (Å²) in [4.78, 5) is 23.5. The number of ether oxygens (including phenoxy) is 1. The molecule has 1 heterocycles. The van der Waals surface area contributed by atoms with Gasteiger partial charge in [0.15, 0.2) is 0 Å². The van der Waals surface area contributed by atoms with E-state index in [1.54, 1.807) is 17.6 Å². The maximum atomic E-state index is 12.7. The van der Waals surface area contributed by atoms with Crippen LogP contribution in [0.1, 0.15) is 17.4 Å². The van der Waals surface area contributed by atoms with Crippen LogP contribution in [0, 0.1) is 10.1 Å². The van der Waals surface area contributed by atoms with Crippen LogP contribution in [-0.2, 0) is 11.3 Å². The van der Waals surface area contributed by atoms with Crippen LogP contribution < -0.4 is 5.73 Å². The second-order valence-corrected chi connectivity index (χ2v) is 5.71. The Morgan fingerprint density at radius 1 is 1.23 bits per heavy atom. The number of nitrogens with zero attached hydrogens (tertiary/aromatic N) is 2. The quantitative estimate of drug-likeness (QED) is 0.416. The van der Waals surface area contributed by atoms with Crippen molar-refractivity contribution in [3.8, 4) is 11.1 Å². The zero-order valence-electron chi connectivity index (χ0n) is 14.3. The van der Waals surface area contributed by atoms with Gasteiger partial charge in [0.2, 0.25) is 0 Å². The molecule has 0 fully saturated rings. The molecule has 0 aliphatic rings. The van der Waals surface area contributed by atoms with Gasteiger partial charge in [-0.2, -0.15) is 0 Å². The van der Waals surface area contributed by atoms with Crippen molar-refractivity contribution in [1.29, 1.82) is 0 Å². The normalized spacial score (nSPS) is 10.8. The van der Waals surface area contributed by atoms with E-state index in [-0.39, 0.29) is 12.3 Å². The molecule has 0 spiro atoms. The predicted molar refractivity (Wildman–Crippen MR) is 99.0 cm³/mol. The SMILES string of the molecule is CCOC(=O)c1c(-c2ccccc2)c2cc([N+](=O)[O-])ccc2n1CCN. The first kappa shape index (κ1) is 17.6. The fraction of sp³-hybridized carbons (Fsp3) is 0.211. The zero-order chi connectivity index (χ0) is 18.7. The summed E-state index contributed by atoms with van der Waals surface area (Å²) in [6, 6.07) is 13.9. The van der Waals surface area contributed by atoms with Crippen molar-refractivity contribution in [3.63, 3.8) is 0 Å². The molecule has 2 aromatic carbocycles. The number of hydrogen-bond acceptors (Lipinski definition) is 5. The second-order valence-electron chi connectivity index (χ2n) is 5.71. The molecule has 0 atom stereocenters. The number of benzene rings is 2. The van der Waals surface area contributed by atoms with Crippen LogP contribution in [0.2, 0.25) is 0 Å². The summed E-state index contributed by atoms with van der Waals surface area (Å²) in [6.45, 7) is 2.69. The number of hydrogen-bond donors (Lipinski definition) is 1. The first-order chi connectivity index (χ1) is 12.6. The van der Waals surface area contributed by atoms with Crippen LogP contribution in [0.15, 0.2) is 48.5 Å². The van der Waals surface area contributed by atoms with Crippen molar-refractivity contribution in [1.82, 2.24) is 4.57 Å². The Bertz CT molecular complexity index is 964. The monoisotopic (exact) mass is 353 g/mol. The zero-order valence-corrected chi connectivity index (χ0v) is 14.3. The summed E-state index contributed by atoms with van der Waals surface area (Å²) in [6.07, 6.45) is 0. The van der Waals surface area contributed by atoms with E-state index in [0.717, 1.165) is 5.56 Å². The third-order valence-corrected chi connectivity index (χ3v) is 4.14. The van der Waals surface area contributed by atoms with Gasteiger partial charge in [-0.3, -0.25) is 10.1 Å². The van der Waals surface area contributed by atoms with E-state index in [4.69, 9.17) is 10.5 Å². The van der Waals surface area contributed by atoms with Crippen LogP contribution in [0.5, 0.6) is 0 Å². The van der Waals surface area contributed by atoms with Gasteiger partial charge in [-0.15, -0.1) is 0 Å². The molecule has 0 bridgehead atoms. The minimum absolute atomic E-state index is 0.0324. The highest BCUT2D eigenvalue weighted by Crippen LogP contribution is 2.37. The van der Waals surface area contributed by atoms with Gasteiger partial charge in [0.05, 0.1) is 11.5 Å². The van der Waals surface area contributed by atoms with Gasteiger partial charge in [-0.1, -0.05) is 30.3 Å². The molecule has 26 heavy (non-hydrogen) atoms. The van der Waals surface area contributed by atoms with Crippen LogP contribution in [-0.4, -0.2) is 28.6 Å². The van der Waals surface area contributed by atoms with Crippen LogP contribution in [0.3, 0.4) is 0 Å². The lowest BCUT2D eigenvalue weighted by Crippen LogP contribution is -2.17. The van der Waals surface area contributed by atoms with E-state index < -0.39 is 10.9 Å². The summed E-state index contributed by atoms with van der Waals surface area (Å²) < 4.78 is 7.03.